The number of aliphatic carboxylic acids is 1. The topological polar surface area (TPSA) is 112 Å². The zero-order chi connectivity index (χ0) is 33.5. The minimum absolute atomic E-state index is 0.00811. The normalized spacial score (nSPS) is 24.9. The van der Waals surface area contributed by atoms with E-state index < -0.39 is 12.3 Å². The van der Waals surface area contributed by atoms with Crippen molar-refractivity contribution >= 4 is 11.9 Å². The Hall–Kier alpha value is -3.60. The van der Waals surface area contributed by atoms with Crippen molar-refractivity contribution in [3.8, 4) is 11.1 Å². The molecule has 0 unspecified atom stereocenters. The number of aliphatic hydroxyl groups excluding tert-OH is 1. The van der Waals surface area contributed by atoms with E-state index in [9.17, 15) is 14.7 Å². The van der Waals surface area contributed by atoms with Crippen LogP contribution in [0.1, 0.15) is 80.1 Å². The van der Waals surface area contributed by atoms with Crippen LogP contribution in [0.25, 0.3) is 11.1 Å². The third-order valence-corrected chi connectivity index (χ3v) is 10.2. The number of carboxylic acids is 1. The number of carbonyl (C=O) groups is 2. The zero-order valence-electron chi connectivity index (χ0n) is 27.9. The van der Waals surface area contributed by atoms with Crippen LogP contribution in [0.15, 0.2) is 72.8 Å². The molecule has 1 amide bonds. The molecule has 3 saturated heterocycles. The fraction of sp³-hybridized carbons (Fsp3) is 0.487. The number of rotatable bonds is 13. The van der Waals surface area contributed by atoms with E-state index in [1.54, 1.807) is 0 Å². The number of hydrogen-bond acceptors (Lipinski definition) is 7. The molecule has 0 aliphatic carbocycles. The molecule has 0 saturated carbocycles. The van der Waals surface area contributed by atoms with Crippen LogP contribution in [0.3, 0.4) is 0 Å². The van der Waals surface area contributed by atoms with Gasteiger partial charge in [0.15, 0.2) is 6.29 Å². The highest BCUT2D eigenvalue weighted by molar-refractivity contribution is 5.80. The highest BCUT2D eigenvalue weighted by atomic mass is 16.7. The summed E-state index contributed by atoms with van der Waals surface area (Å²) in [6.07, 6.45) is 4.09. The zero-order valence-corrected chi connectivity index (χ0v) is 27.9. The molecule has 3 aromatic rings. The highest BCUT2D eigenvalue weighted by Crippen LogP contribution is 2.43. The molecule has 256 valence electrons. The summed E-state index contributed by atoms with van der Waals surface area (Å²) in [5.74, 6) is -1.14. The lowest BCUT2D eigenvalue weighted by atomic mass is 9.89. The molecule has 9 heteroatoms. The summed E-state index contributed by atoms with van der Waals surface area (Å²) in [7, 11) is 0. The van der Waals surface area contributed by atoms with Crippen molar-refractivity contribution in [2.45, 2.75) is 83.1 Å². The first-order valence-electron chi connectivity index (χ1n) is 17.5. The second-order valence-electron chi connectivity index (χ2n) is 13.6. The largest absolute Gasteiger partial charge is 0.481 e. The Labute approximate surface area is 283 Å². The van der Waals surface area contributed by atoms with E-state index in [4.69, 9.17) is 14.6 Å². The smallest absolute Gasteiger partial charge is 0.303 e. The predicted molar refractivity (Wildman–Crippen MR) is 184 cm³/mol. The Kier molecular flexibility index (Phi) is 11.6. The van der Waals surface area contributed by atoms with Crippen LogP contribution in [-0.2, 0) is 32.2 Å². The minimum atomic E-state index is -0.984. The van der Waals surface area contributed by atoms with Gasteiger partial charge in [-0.15, -0.1) is 0 Å². The summed E-state index contributed by atoms with van der Waals surface area (Å²) in [4.78, 5) is 28.2. The summed E-state index contributed by atoms with van der Waals surface area (Å²) in [6.45, 7) is 8.09. The van der Waals surface area contributed by atoms with E-state index in [1.807, 2.05) is 42.5 Å². The molecule has 6 rings (SSSR count). The van der Waals surface area contributed by atoms with Gasteiger partial charge in [-0.05, 0) is 85.3 Å². The van der Waals surface area contributed by atoms with Gasteiger partial charge < -0.3 is 29.9 Å². The summed E-state index contributed by atoms with van der Waals surface area (Å²) in [5.41, 5.74) is 5.87. The van der Waals surface area contributed by atoms with Crippen LogP contribution in [-0.4, -0.2) is 76.8 Å². The fourth-order valence-corrected chi connectivity index (χ4v) is 7.40. The lowest BCUT2D eigenvalue weighted by Gasteiger charge is -2.43. The Morgan fingerprint density at radius 2 is 1.58 bits per heavy atom. The van der Waals surface area contributed by atoms with Crippen molar-refractivity contribution in [1.29, 1.82) is 0 Å². The maximum atomic E-state index is 12.1. The third kappa shape index (κ3) is 8.70. The molecule has 0 bridgehead atoms. The van der Waals surface area contributed by atoms with Gasteiger partial charge in [-0.25, -0.2) is 0 Å². The van der Waals surface area contributed by atoms with Gasteiger partial charge in [0, 0.05) is 43.6 Å². The van der Waals surface area contributed by atoms with Crippen LogP contribution in [0, 0.1) is 5.92 Å². The van der Waals surface area contributed by atoms with Crippen LogP contribution in [0.4, 0.5) is 0 Å². The molecule has 3 heterocycles. The SMILES string of the molecule is C[C@H]1[C@@H](CN2CCC[C@H]2CN2CCCC2)O[C@@H](c2cccc(-c3cccc(CNC(=O)CCC(=O)O)c3)c2)O[C@H]1c1ccc(CO)cc1. The van der Waals surface area contributed by atoms with Crippen molar-refractivity contribution < 1.29 is 29.3 Å². The molecular formula is C39H49N3O6. The minimum Gasteiger partial charge on any atom is -0.481 e. The lowest BCUT2D eigenvalue weighted by Crippen LogP contribution is -2.48. The summed E-state index contributed by atoms with van der Waals surface area (Å²) >= 11 is 0. The Bertz CT molecular complexity index is 1520. The first kappa shape index (κ1) is 34.3. The van der Waals surface area contributed by atoms with E-state index in [0.29, 0.717) is 12.6 Å². The van der Waals surface area contributed by atoms with Gasteiger partial charge in [-0.2, -0.15) is 0 Å². The van der Waals surface area contributed by atoms with Crippen LogP contribution in [0.2, 0.25) is 0 Å². The Morgan fingerprint density at radius 1 is 0.833 bits per heavy atom. The van der Waals surface area contributed by atoms with Gasteiger partial charge in [-0.1, -0.05) is 67.6 Å². The van der Waals surface area contributed by atoms with Crippen LogP contribution in [0.5, 0.6) is 0 Å². The van der Waals surface area contributed by atoms with E-state index >= 15 is 0 Å². The number of aliphatic hydroxyl groups is 1. The maximum Gasteiger partial charge on any atom is 0.303 e. The number of carboxylic acid groups (broad SMARTS) is 1. The molecule has 0 radical (unpaired) electrons. The van der Waals surface area contributed by atoms with Crippen molar-refractivity contribution in [2.75, 3.05) is 32.7 Å². The standard InChI is InChI=1S/C39H49N3O6/c1-27-35(25-42-20-6-11-34(42)24-41-18-2-3-19-41)47-39(48-38(27)30-14-12-28(26-43)13-15-30)33-10-5-9-32(22-33)31-8-4-7-29(21-31)23-40-36(44)16-17-37(45)46/h4-5,7-10,12-15,21-22,27,34-35,38-39,43H,2-3,6,11,16-20,23-26H2,1H3,(H,40,44)(H,45,46)/t27-,34-,35+,38+,39+/m0/s1. The van der Waals surface area contributed by atoms with E-state index in [2.05, 4.69) is 52.4 Å². The summed E-state index contributed by atoms with van der Waals surface area (Å²) in [5, 5.41) is 21.3. The van der Waals surface area contributed by atoms with Crippen LogP contribution < -0.4 is 5.32 Å². The van der Waals surface area contributed by atoms with Gasteiger partial charge in [0.25, 0.3) is 0 Å². The maximum absolute atomic E-state index is 12.1. The van der Waals surface area contributed by atoms with Crippen molar-refractivity contribution in [2.24, 2.45) is 5.92 Å². The lowest BCUT2D eigenvalue weighted by molar-refractivity contribution is -0.276. The monoisotopic (exact) mass is 655 g/mol. The molecule has 48 heavy (non-hydrogen) atoms. The molecule has 0 aromatic heterocycles. The molecule has 3 aliphatic heterocycles. The Balaban J connectivity index is 1.20. The summed E-state index contributed by atoms with van der Waals surface area (Å²) in [6, 6.07) is 24.9. The average molecular weight is 656 g/mol. The fourth-order valence-electron chi connectivity index (χ4n) is 7.40. The first-order chi connectivity index (χ1) is 23.4. The number of ether oxygens (including phenoxy) is 2. The van der Waals surface area contributed by atoms with Gasteiger partial charge in [0.05, 0.1) is 25.2 Å². The molecule has 0 spiro atoms. The number of likely N-dealkylation sites (tertiary alicyclic amines) is 2. The molecule has 3 fully saturated rings. The van der Waals surface area contributed by atoms with E-state index in [1.165, 1.54) is 38.8 Å². The second-order valence-corrected chi connectivity index (χ2v) is 13.6. The number of hydrogen-bond donors (Lipinski definition) is 3. The second kappa shape index (κ2) is 16.2. The van der Waals surface area contributed by atoms with Gasteiger partial charge in [0.1, 0.15) is 0 Å². The predicted octanol–water partition coefficient (Wildman–Crippen LogP) is 5.68. The first-order valence-corrected chi connectivity index (χ1v) is 17.5. The van der Waals surface area contributed by atoms with E-state index in [0.717, 1.165) is 53.0 Å². The quantitative estimate of drug-likeness (QED) is 0.216. The van der Waals surface area contributed by atoms with E-state index in [-0.39, 0.29) is 43.5 Å². The van der Waals surface area contributed by atoms with Crippen molar-refractivity contribution in [3.63, 3.8) is 0 Å². The number of nitrogens with zero attached hydrogens (tertiary/aromatic N) is 2. The number of nitrogens with one attached hydrogen (secondary N) is 1. The molecule has 3 aliphatic rings. The van der Waals surface area contributed by atoms with Crippen molar-refractivity contribution in [1.82, 2.24) is 15.1 Å². The molecule has 5 atom stereocenters. The van der Waals surface area contributed by atoms with Crippen LogP contribution >= 0.6 is 0 Å². The van der Waals surface area contributed by atoms with Gasteiger partial charge in [0.2, 0.25) is 5.91 Å². The Morgan fingerprint density at radius 3 is 2.33 bits per heavy atom. The summed E-state index contributed by atoms with van der Waals surface area (Å²) < 4.78 is 13.7. The molecule has 9 nitrogen and oxygen atoms in total. The van der Waals surface area contributed by atoms with Gasteiger partial charge in [-0.3, -0.25) is 14.5 Å². The number of carbonyl (C=O) groups excluding carboxylic acids is 1. The van der Waals surface area contributed by atoms with Crippen molar-refractivity contribution in [3.05, 3.63) is 95.1 Å². The molecular weight excluding hydrogens is 606 g/mol. The third-order valence-electron chi connectivity index (χ3n) is 10.2. The average Bonchev–Trinajstić information content (AvgIpc) is 3.80. The van der Waals surface area contributed by atoms with Gasteiger partial charge >= 0.3 is 5.97 Å². The molecule has 3 N–H and O–H groups in total. The molecule has 3 aromatic carbocycles. The number of benzene rings is 3. The number of amides is 1. The highest BCUT2D eigenvalue weighted by Gasteiger charge is 2.41.